The van der Waals surface area contributed by atoms with Gasteiger partial charge in [0.25, 0.3) is 5.91 Å². The lowest BCUT2D eigenvalue weighted by molar-refractivity contribution is 0.0603. The van der Waals surface area contributed by atoms with Crippen LogP contribution in [0.4, 0.5) is 25.4 Å². The van der Waals surface area contributed by atoms with Gasteiger partial charge in [0.05, 0.1) is 25.9 Å². The van der Waals surface area contributed by atoms with Gasteiger partial charge in [-0.25, -0.2) is 18.2 Å². The van der Waals surface area contributed by atoms with Gasteiger partial charge in [0, 0.05) is 11.8 Å². The standard InChI is InChI=1S/C33H38FN3O6S/c1-31(2,3)42-29(39)36-26-17-12-23(21-10-15-25(34)16-11-21)20-27(26)35-28(38)22-8-13-24(14-9-22)33(18-19-33)44(7,41)37-30(40)43-32(4,5)6/h8-17,20H,18-19H2,1-7H3,(H,35,38)(H,36,39). The van der Waals surface area contributed by atoms with E-state index in [4.69, 9.17) is 9.47 Å². The minimum absolute atomic E-state index is 0.304. The fraction of sp³-hybridized carbons (Fsp3) is 0.364. The lowest BCUT2D eigenvalue weighted by Crippen LogP contribution is -2.27. The molecule has 1 aliphatic carbocycles. The minimum Gasteiger partial charge on any atom is -0.444 e. The lowest BCUT2D eigenvalue weighted by atomic mass is 10.0. The summed E-state index contributed by atoms with van der Waals surface area (Å²) in [5.41, 5.74) is 1.54. The highest BCUT2D eigenvalue weighted by atomic mass is 32.2. The quantitative estimate of drug-likeness (QED) is 0.286. The molecule has 0 aromatic heterocycles. The average molecular weight is 624 g/mol. The van der Waals surface area contributed by atoms with Crippen LogP contribution in [0.1, 0.15) is 70.3 Å². The fourth-order valence-corrected chi connectivity index (χ4v) is 6.55. The number of hydrogen-bond donors (Lipinski definition) is 2. The Morgan fingerprint density at radius 3 is 1.91 bits per heavy atom. The first-order valence-corrected chi connectivity index (χ1v) is 16.1. The molecule has 0 radical (unpaired) electrons. The van der Waals surface area contributed by atoms with Crippen LogP contribution < -0.4 is 10.6 Å². The van der Waals surface area contributed by atoms with Crippen molar-refractivity contribution in [1.82, 2.24) is 0 Å². The molecule has 234 valence electrons. The number of anilines is 2. The Hall–Kier alpha value is -4.25. The predicted octanol–water partition coefficient (Wildman–Crippen LogP) is 8.11. The van der Waals surface area contributed by atoms with E-state index < -0.39 is 43.8 Å². The predicted molar refractivity (Wildman–Crippen MR) is 170 cm³/mol. The van der Waals surface area contributed by atoms with Gasteiger partial charge in [-0.05, 0) is 107 Å². The Morgan fingerprint density at radius 2 is 1.36 bits per heavy atom. The van der Waals surface area contributed by atoms with E-state index in [1.807, 2.05) is 0 Å². The van der Waals surface area contributed by atoms with Gasteiger partial charge in [-0.3, -0.25) is 10.1 Å². The van der Waals surface area contributed by atoms with Crippen molar-refractivity contribution >= 4 is 39.2 Å². The summed E-state index contributed by atoms with van der Waals surface area (Å²) in [4.78, 5) is 38.2. The van der Waals surface area contributed by atoms with Gasteiger partial charge < -0.3 is 14.8 Å². The van der Waals surface area contributed by atoms with Crippen LogP contribution in [0, 0.1) is 5.82 Å². The molecule has 0 spiro atoms. The number of carbonyl (C=O) groups is 3. The molecule has 0 heterocycles. The van der Waals surface area contributed by atoms with Gasteiger partial charge >= 0.3 is 12.2 Å². The van der Waals surface area contributed by atoms with Gasteiger partial charge in [-0.1, -0.05) is 30.3 Å². The van der Waals surface area contributed by atoms with Gasteiger partial charge in [-0.2, -0.15) is 0 Å². The summed E-state index contributed by atoms with van der Waals surface area (Å²) >= 11 is 0. The molecule has 2 N–H and O–H groups in total. The molecule has 3 aromatic rings. The molecule has 3 aromatic carbocycles. The van der Waals surface area contributed by atoms with Crippen LogP contribution in [0.2, 0.25) is 0 Å². The molecule has 0 aliphatic heterocycles. The SMILES string of the molecule is CC(C)(C)OC(=O)N=S(C)(=O)C1(c2ccc(C(=O)Nc3cc(-c4ccc(F)cc4)ccc3NC(=O)OC(C)(C)C)cc2)CC1. The Bertz CT molecular complexity index is 1690. The molecule has 11 heteroatoms. The summed E-state index contributed by atoms with van der Waals surface area (Å²) < 4.78 is 40.9. The van der Waals surface area contributed by atoms with E-state index >= 15 is 0 Å². The number of benzene rings is 3. The zero-order valence-corrected chi connectivity index (χ0v) is 26.8. The van der Waals surface area contributed by atoms with Crippen molar-refractivity contribution < 1.29 is 32.5 Å². The number of amides is 3. The number of hydrogen-bond acceptors (Lipinski definition) is 6. The highest BCUT2D eigenvalue weighted by molar-refractivity contribution is 7.94. The molecule has 4 rings (SSSR count). The molecule has 0 saturated heterocycles. The van der Waals surface area contributed by atoms with E-state index in [0.717, 1.165) is 0 Å². The third kappa shape index (κ3) is 8.02. The molecule has 1 atom stereocenters. The topological polar surface area (TPSA) is 123 Å². The first-order chi connectivity index (χ1) is 20.4. The molecular formula is C33H38FN3O6S. The Labute approximate surface area is 257 Å². The summed E-state index contributed by atoms with van der Waals surface area (Å²) in [6.07, 6.45) is 1.05. The number of halogens is 1. The van der Waals surface area contributed by atoms with E-state index in [0.29, 0.717) is 46.5 Å². The van der Waals surface area contributed by atoms with E-state index in [-0.39, 0.29) is 5.82 Å². The minimum atomic E-state index is -2.99. The summed E-state index contributed by atoms with van der Waals surface area (Å²) in [5.74, 6) is -0.833. The van der Waals surface area contributed by atoms with Crippen LogP contribution in [0.5, 0.6) is 0 Å². The van der Waals surface area contributed by atoms with E-state index in [1.54, 1.807) is 96.1 Å². The number of nitrogens with zero attached hydrogens (tertiary/aromatic N) is 1. The second kappa shape index (κ2) is 12.0. The molecule has 0 bridgehead atoms. The lowest BCUT2D eigenvalue weighted by Gasteiger charge is -2.21. The molecule has 9 nitrogen and oxygen atoms in total. The molecule has 1 saturated carbocycles. The monoisotopic (exact) mass is 623 g/mol. The van der Waals surface area contributed by atoms with Crippen molar-refractivity contribution in [2.45, 2.75) is 70.3 Å². The maximum Gasteiger partial charge on any atom is 0.442 e. The molecule has 1 fully saturated rings. The number of nitrogens with one attached hydrogen (secondary N) is 2. The molecule has 3 amide bonds. The zero-order chi connectivity index (χ0) is 32.5. The smallest absolute Gasteiger partial charge is 0.442 e. The maximum atomic E-state index is 13.6. The van der Waals surface area contributed by atoms with Crippen LogP contribution >= 0.6 is 0 Å². The second-order valence-corrected chi connectivity index (χ2v) is 15.4. The molecule has 1 unspecified atom stereocenters. The van der Waals surface area contributed by atoms with Crippen LogP contribution in [-0.2, 0) is 23.9 Å². The largest absolute Gasteiger partial charge is 0.444 e. The highest BCUT2D eigenvalue weighted by Gasteiger charge is 2.52. The highest BCUT2D eigenvalue weighted by Crippen LogP contribution is 2.53. The molecule has 44 heavy (non-hydrogen) atoms. The summed E-state index contributed by atoms with van der Waals surface area (Å²) in [5, 5.41) is 5.53. The van der Waals surface area contributed by atoms with Crippen LogP contribution in [0.25, 0.3) is 11.1 Å². The zero-order valence-electron chi connectivity index (χ0n) is 25.9. The third-order valence-electron chi connectivity index (χ3n) is 6.83. The summed E-state index contributed by atoms with van der Waals surface area (Å²) in [6.45, 7) is 10.4. The average Bonchev–Trinajstić information content (AvgIpc) is 3.71. The molecule has 1 aliphatic rings. The first-order valence-electron chi connectivity index (χ1n) is 14.1. The molecular weight excluding hydrogens is 585 g/mol. The number of rotatable bonds is 6. The second-order valence-electron chi connectivity index (χ2n) is 12.8. The van der Waals surface area contributed by atoms with Crippen molar-refractivity contribution in [3.63, 3.8) is 0 Å². The third-order valence-corrected chi connectivity index (χ3v) is 9.42. The Kier molecular flexibility index (Phi) is 8.93. The van der Waals surface area contributed by atoms with E-state index in [1.165, 1.54) is 18.4 Å². The van der Waals surface area contributed by atoms with Crippen molar-refractivity contribution in [2.24, 2.45) is 4.36 Å². The van der Waals surface area contributed by atoms with Crippen molar-refractivity contribution in [1.29, 1.82) is 0 Å². The maximum absolute atomic E-state index is 13.6. The van der Waals surface area contributed by atoms with Crippen molar-refractivity contribution in [3.8, 4) is 11.1 Å². The van der Waals surface area contributed by atoms with Gasteiger partial charge in [-0.15, -0.1) is 4.36 Å². The number of ether oxygens (including phenoxy) is 2. The van der Waals surface area contributed by atoms with Crippen LogP contribution in [0.15, 0.2) is 71.1 Å². The Balaban J connectivity index is 1.59. The summed E-state index contributed by atoms with van der Waals surface area (Å²) in [7, 11) is -2.99. The van der Waals surface area contributed by atoms with Crippen LogP contribution in [0.3, 0.4) is 0 Å². The van der Waals surface area contributed by atoms with E-state index in [2.05, 4.69) is 15.0 Å². The normalized spacial score (nSPS) is 15.4. The van der Waals surface area contributed by atoms with Crippen molar-refractivity contribution in [3.05, 3.63) is 83.7 Å². The fourth-order valence-electron chi connectivity index (χ4n) is 4.62. The van der Waals surface area contributed by atoms with Gasteiger partial charge in [0.1, 0.15) is 17.0 Å². The first kappa shape index (κ1) is 32.7. The van der Waals surface area contributed by atoms with Crippen molar-refractivity contribution in [2.75, 3.05) is 16.9 Å². The Morgan fingerprint density at radius 1 is 0.795 bits per heavy atom. The van der Waals surface area contributed by atoms with Crippen LogP contribution in [-0.4, -0.2) is 39.8 Å². The van der Waals surface area contributed by atoms with E-state index in [9.17, 15) is 23.0 Å². The number of carbonyl (C=O) groups excluding carboxylic acids is 3. The van der Waals surface area contributed by atoms with Gasteiger partial charge in [0.15, 0.2) is 0 Å². The summed E-state index contributed by atoms with van der Waals surface area (Å²) in [6, 6.07) is 17.6. The van der Waals surface area contributed by atoms with Gasteiger partial charge in [0.2, 0.25) is 0 Å².